The molecule has 1 aliphatic rings. The van der Waals surface area contributed by atoms with Crippen LogP contribution in [0.5, 0.6) is 0 Å². The van der Waals surface area contributed by atoms with Gasteiger partial charge in [-0.25, -0.2) is 0 Å². The number of fused-ring (bicyclic) bond motifs is 1. The molecule has 0 heterocycles. The number of ketones is 1. The number of rotatable bonds is 0. The number of carbonyl (C=O) groups excluding carboxylic acids is 1. The highest BCUT2D eigenvalue weighted by atomic mass is 16.1. The highest BCUT2D eigenvalue weighted by Crippen LogP contribution is 2.40. The molecular weight excluding hydrogens is 180 g/mol. The lowest BCUT2D eigenvalue weighted by Gasteiger charge is -2.12. The first-order chi connectivity index (χ1) is 6.54. The Bertz CT molecular complexity index is 439. The van der Waals surface area contributed by atoms with Crippen LogP contribution in [-0.4, -0.2) is 5.78 Å². The molecule has 5 nitrogen and oxygen atoms in total. The normalized spacial score (nSPS) is 14.4. The van der Waals surface area contributed by atoms with Crippen molar-refractivity contribution in [2.75, 3.05) is 22.9 Å². The second-order valence-corrected chi connectivity index (χ2v) is 3.43. The van der Waals surface area contributed by atoms with Crippen molar-refractivity contribution in [3.8, 4) is 0 Å². The number of nitrogen functional groups attached to an aromatic ring is 4. The maximum absolute atomic E-state index is 11.5. The van der Waals surface area contributed by atoms with Gasteiger partial charge >= 0.3 is 0 Å². The van der Waals surface area contributed by atoms with Crippen molar-refractivity contribution < 1.29 is 4.79 Å². The molecule has 0 atom stereocenters. The molecule has 1 aromatic carbocycles. The maximum atomic E-state index is 11.5. The summed E-state index contributed by atoms with van der Waals surface area (Å²) in [6.45, 7) is 0. The average Bonchev–Trinajstić information content (AvgIpc) is 2.54. The standard InChI is InChI=1S/C9H12N4O/c10-6-3-1-2-4(14)5(3)7(11)9(13)8(6)12/h1-2,10-13H2. The van der Waals surface area contributed by atoms with Crippen molar-refractivity contribution in [3.63, 3.8) is 0 Å². The van der Waals surface area contributed by atoms with Gasteiger partial charge in [-0.1, -0.05) is 0 Å². The third-order valence-electron chi connectivity index (χ3n) is 2.65. The molecule has 0 spiro atoms. The van der Waals surface area contributed by atoms with E-state index in [1.54, 1.807) is 0 Å². The van der Waals surface area contributed by atoms with Crippen molar-refractivity contribution >= 4 is 28.5 Å². The molecule has 0 radical (unpaired) electrons. The topological polar surface area (TPSA) is 121 Å². The van der Waals surface area contributed by atoms with E-state index in [1.165, 1.54) is 0 Å². The Balaban J connectivity index is 2.84. The molecule has 0 aromatic heterocycles. The SMILES string of the molecule is Nc1c(N)c(N)c2c(c1N)CCC2=O. The highest BCUT2D eigenvalue weighted by Gasteiger charge is 2.27. The van der Waals surface area contributed by atoms with Gasteiger partial charge in [-0.2, -0.15) is 0 Å². The smallest absolute Gasteiger partial charge is 0.165 e. The van der Waals surface area contributed by atoms with Crippen molar-refractivity contribution in [2.45, 2.75) is 12.8 Å². The van der Waals surface area contributed by atoms with Crippen LogP contribution in [0.15, 0.2) is 0 Å². The lowest BCUT2D eigenvalue weighted by molar-refractivity contribution is 0.0995. The van der Waals surface area contributed by atoms with Gasteiger partial charge in [-0.05, 0) is 12.0 Å². The molecule has 0 saturated heterocycles. The largest absolute Gasteiger partial charge is 0.397 e. The summed E-state index contributed by atoms with van der Waals surface area (Å²) in [5.74, 6) is -0.00380. The highest BCUT2D eigenvalue weighted by molar-refractivity contribution is 6.11. The minimum absolute atomic E-state index is 0.00380. The van der Waals surface area contributed by atoms with Gasteiger partial charge in [0.25, 0.3) is 0 Å². The van der Waals surface area contributed by atoms with E-state index in [9.17, 15) is 4.79 Å². The van der Waals surface area contributed by atoms with Crippen LogP contribution in [0.2, 0.25) is 0 Å². The monoisotopic (exact) mass is 192 g/mol. The molecular formula is C9H12N4O. The number of benzene rings is 1. The predicted octanol–water partition coefficient (Wildman–Crippen LogP) is 0.144. The van der Waals surface area contributed by atoms with Gasteiger partial charge in [0.15, 0.2) is 5.78 Å². The van der Waals surface area contributed by atoms with Crippen molar-refractivity contribution in [1.29, 1.82) is 0 Å². The lowest BCUT2D eigenvalue weighted by Crippen LogP contribution is -2.10. The molecule has 8 N–H and O–H groups in total. The van der Waals surface area contributed by atoms with Gasteiger partial charge in [0, 0.05) is 12.0 Å². The van der Waals surface area contributed by atoms with E-state index in [4.69, 9.17) is 22.9 Å². The zero-order valence-corrected chi connectivity index (χ0v) is 7.63. The van der Waals surface area contributed by atoms with Crippen LogP contribution >= 0.6 is 0 Å². The first kappa shape index (κ1) is 8.68. The zero-order chi connectivity index (χ0) is 10.5. The molecule has 0 unspecified atom stereocenters. The van der Waals surface area contributed by atoms with Crippen LogP contribution in [-0.2, 0) is 6.42 Å². The summed E-state index contributed by atoms with van der Waals surface area (Å²) in [4.78, 5) is 11.5. The van der Waals surface area contributed by atoms with Gasteiger partial charge in [-0.15, -0.1) is 0 Å². The first-order valence-corrected chi connectivity index (χ1v) is 4.32. The van der Waals surface area contributed by atoms with Crippen molar-refractivity contribution in [3.05, 3.63) is 11.1 Å². The molecule has 74 valence electrons. The third kappa shape index (κ3) is 0.863. The second-order valence-electron chi connectivity index (χ2n) is 3.43. The van der Waals surface area contributed by atoms with Gasteiger partial charge in [0.2, 0.25) is 0 Å². The summed E-state index contributed by atoms with van der Waals surface area (Å²) in [5.41, 5.74) is 25.2. The Morgan fingerprint density at radius 2 is 1.36 bits per heavy atom. The van der Waals surface area contributed by atoms with Gasteiger partial charge in [0.1, 0.15) is 0 Å². The van der Waals surface area contributed by atoms with E-state index in [2.05, 4.69) is 0 Å². The van der Waals surface area contributed by atoms with Crippen LogP contribution in [0.3, 0.4) is 0 Å². The minimum Gasteiger partial charge on any atom is -0.397 e. The average molecular weight is 192 g/mol. The number of carbonyl (C=O) groups is 1. The number of hydrogen-bond donors (Lipinski definition) is 4. The predicted molar refractivity (Wildman–Crippen MR) is 56.7 cm³/mol. The molecule has 0 aliphatic heterocycles. The summed E-state index contributed by atoms with van der Waals surface area (Å²) in [5, 5.41) is 0. The Hall–Kier alpha value is -1.91. The summed E-state index contributed by atoms with van der Waals surface area (Å²) in [7, 11) is 0. The molecule has 1 aromatic rings. The molecule has 0 amide bonds. The van der Waals surface area contributed by atoms with Gasteiger partial charge in [-0.3, -0.25) is 4.79 Å². The molecule has 0 saturated carbocycles. The third-order valence-corrected chi connectivity index (χ3v) is 2.65. The number of anilines is 4. The van der Waals surface area contributed by atoms with E-state index in [0.29, 0.717) is 24.1 Å². The van der Waals surface area contributed by atoms with E-state index in [-0.39, 0.29) is 22.8 Å². The van der Waals surface area contributed by atoms with Crippen LogP contribution in [0.1, 0.15) is 22.3 Å². The fourth-order valence-corrected chi connectivity index (χ4v) is 1.83. The van der Waals surface area contributed by atoms with Gasteiger partial charge < -0.3 is 22.9 Å². The number of Topliss-reactive ketones (excluding diaryl/α,β-unsaturated/α-hetero) is 1. The molecule has 14 heavy (non-hydrogen) atoms. The Morgan fingerprint density at radius 1 is 0.786 bits per heavy atom. The second kappa shape index (κ2) is 2.54. The minimum atomic E-state index is -0.00380. The number of hydrogen-bond acceptors (Lipinski definition) is 5. The van der Waals surface area contributed by atoms with E-state index >= 15 is 0 Å². The zero-order valence-electron chi connectivity index (χ0n) is 7.63. The quantitative estimate of drug-likeness (QED) is 0.436. The Labute approximate surface area is 81.0 Å². The molecule has 1 aliphatic carbocycles. The van der Waals surface area contributed by atoms with Crippen LogP contribution in [0, 0.1) is 0 Å². The molecule has 0 fully saturated rings. The van der Waals surface area contributed by atoms with E-state index < -0.39 is 0 Å². The summed E-state index contributed by atoms with van der Waals surface area (Å²) in [6, 6.07) is 0. The van der Waals surface area contributed by atoms with Crippen LogP contribution in [0.25, 0.3) is 0 Å². The first-order valence-electron chi connectivity index (χ1n) is 4.32. The molecule has 2 rings (SSSR count). The van der Waals surface area contributed by atoms with Crippen LogP contribution < -0.4 is 22.9 Å². The van der Waals surface area contributed by atoms with E-state index in [1.807, 2.05) is 0 Å². The van der Waals surface area contributed by atoms with E-state index in [0.717, 1.165) is 5.56 Å². The Kier molecular flexibility index (Phi) is 1.57. The summed E-state index contributed by atoms with van der Waals surface area (Å²) < 4.78 is 0. The fraction of sp³-hybridized carbons (Fsp3) is 0.222. The van der Waals surface area contributed by atoms with Crippen LogP contribution in [0.4, 0.5) is 22.7 Å². The molecule has 0 bridgehead atoms. The summed E-state index contributed by atoms with van der Waals surface area (Å²) >= 11 is 0. The Morgan fingerprint density at radius 3 is 2.00 bits per heavy atom. The summed E-state index contributed by atoms with van der Waals surface area (Å²) in [6.07, 6.45) is 1.04. The number of nitrogens with two attached hydrogens (primary N) is 4. The molecule has 5 heteroatoms. The maximum Gasteiger partial charge on any atom is 0.165 e. The van der Waals surface area contributed by atoms with Crippen molar-refractivity contribution in [1.82, 2.24) is 0 Å². The fourth-order valence-electron chi connectivity index (χ4n) is 1.83. The van der Waals surface area contributed by atoms with Gasteiger partial charge in [0.05, 0.1) is 22.7 Å². The van der Waals surface area contributed by atoms with Crippen molar-refractivity contribution in [2.24, 2.45) is 0 Å². The lowest BCUT2D eigenvalue weighted by atomic mass is 10.0.